The Kier molecular flexibility index (Phi) is 4.52. The van der Waals surface area contributed by atoms with Crippen LogP contribution in [0.1, 0.15) is 13.8 Å². The number of aliphatic hydroxyl groups is 1. The molecule has 15 heavy (non-hydrogen) atoms. The first-order valence-electron chi connectivity index (χ1n) is 4.68. The highest BCUT2D eigenvalue weighted by Gasteiger charge is 2.15. The van der Waals surface area contributed by atoms with E-state index in [1.807, 2.05) is 41.3 Å². The Morgan fingerprint density at radius 1 is 1.67 bits per heavy atom. The van der Waals surface area contributed by atoms with Gasteiger partial charge in [0.2, 0.25) is 0 Å². The molecule has 0 fully saturated rings. The summed E-state index contributed by atoms with van der Waals surface area (Å²) in [6.07, 6.45) is 1.38. The van der Waals surface area contributed by atoms with Crippen LogP contribution in [0.25, 0.3) is 0 Å². The quantitative estimate of drug-likeness (QED) is 0.796. The highest BCUT2D eigenvalue weighted by molar-refractivity contribution is 14.1. The summed E-state index contributed by atoms with van der Waals surface area (Å²) in [5, 5.41) is 8.95. The molecule has 0 spiro atoms. The van der Waals surface area contributed by atoms with E-state index < -0.39 is 0 Å². The number of anilines is 1. The second kappa shape index (κ2) is 5.45. The first-order chi connectivity index (χ1) is 7.07. The fraction of sp³-hybridized carbons (Fsp3) is 0.556. The molecule has 0 unspecified atom stereocenters. The van der Waals surface area contributed by atoms with Crippen molar-refractivity contribution in [3.8, 4) is 0 Å². The predicted molar refractivity (Wildman–Crippen MR) is 67.1 cm³/mol. The maximum absolute atomic E-state index is 11.4. The van der Waals surface area contributed by atoms with Gasteiger partial charge in [-0.3, -0.25) is 4.79 Å². The topological polar surface area (TPSA) is 69.2 Å². The van der Waals surface area contributed by atoms with E-state index in [1.54, 1.807) is 0 Å². The van der Waals surface area contributed by atoms with Gasteiger partial charge < -0.3 is 15.0 Å². The van der Waals surface area contributed by atoms with Gasteiger partial charge in [-0.1, -0.05) is 0 Å². The number of aromatic amines is 1. The van der Waals surface area contributed by atoms with Gasteiger partial charge in [0.15, 0.2) is 0 Å². The lowest BCUT2D eigenvalue weighted by Crippen LogP contribution is -2.36. The number of halogens is 1. The fourth-order valence-electron chi connectivity index (χ4n) is 1.29. The minimum atomic E-state index is -0.149. The maximum Gasteiger partial charge on any atom is 0.266 e. The summed E-state index contributed by atoms with van der Waals surface area (Å²) in [6.45, 7) is 4.51. The van der Waals surface area contributed by atoms with E-state index in [0.29, 0.717) is 15.9 Å². The molecule has 1 rings (SSSR count). The Balaban J connectivity index is 3.11. The standard InChI is InChI=1S/C9H14IN3O2/c1-6(2)13(3-4-14)8-7(10)9(15)12-5-11-8/h5-6,14H,3-4H2,1-2H3,(H,11,12,15). The molecule has 1 aromatic rings. The van der Waals surface area contributed by atoms with Crippen molar-refractivity contribution in [3.63, 3.8) is 0 Å². The van der Waals surface area contributed by atoms with E-state index in [-0.39, 0.29) is 18.2 Å². The van der Waals surface area contributed by atoms with Crippen molar-refractivity contribution in [3.05, 3.63) is 20.3 Å². The van der Waals surface area contributed by atoms with Crippen LogP contribution in [-0.2, 0) is 0 Å². The van der Waals surface area contributed by atoms with Gasteiger partial charge >= 0.3 is 0 Å². The van der Waals surface area contributed by atoms with Gasteiger partial charge in [-0.05, 0) is 36.4 Å². The molecular formula is C9H14IN3O2. The highest BCUT2D eigenvalue weighted by Crippen LogP contribution is 2.17. The van der Waals surface area contributed by atoms with Crippen LogP contribution in [0.2, 0.25) is 0 Å². The zero-order valence-electron chi connectivity index (χ0n) is 8.70. The summed E-state index contributed by atoms with van der Waals surface area (Å²) in [7, 11) is 0. The van der Waals surface area contributed by atoms with E-state index in [2.05, 4.69) is 9.97 Å². The van der Waals surface area contributed by atoms with E-state index in [9.17, 15) is 4.79 Å². The number of hydrogen-bond acceptors (Lipinski definition) is 4. The molecular weight excluding hydrogens is 309 g/mol. The summed E-state index contributed by atoms with van der Waals surface area (Å²) in [5.41, 5.74) is -0.149. The number of hydrogen-bond donors (Lipinski definition) is 2. The smallest absolute Gasteiger partial charge is 0.266 e. The average Bonchev–Trinajstić information content (AvgIpc) is 2.19. The van der Waals surface area contributed by atoms with Gasteiger partial charge in [-0.15, -0.1) is 0 Å². The van der Waals surface area contributed by atoms with Gasteiger partial charge in [0.1, 0.15) is 9.39 Å². The van der Waals surface area contributed by atoms with E-state index >= 15 is 0 Å². The fourth-order valence-corrected chi connectivity index (χ4v) is 1.90. The molecule has 0 aliphatic carbocycles. The van der Waals surface area contributed by atoms with Crippen LogP contribution in [0.4, 0.5) is 5.82 Å². The summed E-state index contributed by atoms with van der Waals surface area (Å²) < 4.78 is 0.553. The molecule has 0 aromatic carbocycles. The minimum absolute atomic E-state index is 0.0444. The summed E-state index contributed by atoms with van der Waals surface area (Å²) in [5.74, 6) is 0.628. The van der Waals surface area contributed by atoms with Gasteiger partial charge in [-0.25, -0.2) is 4.98 Å². The Morgan fingerprint density at radius 3 is 2.87 bits per heavy atom. The third-order valence-electron chi connectivity index (χ3n) is 2.01. The van der Waals surface area contributed by atoms with Crippen LogP contribution < -0.4 is 10.5 Å². The summed E-state index contributed by atoms with van der Waals surface area (Å²) in [4.78, 5) is 19.9. The van der Waals surface area contributed by atoms with Crippen molar-refractivity contribution in [2.24, 2.45) is 0 Å². The number of nitrogens with one attached hydrogen (secondary N) is 1. The molecule has 0 amide bonds. The third kappa shape index (κ3) is 2.91. The van der Waals surface area contributed by atoms with Crippen molar-refractivity contribution in [2.75, 3.05) is 18.1 Å². The lowest BCUT2D eigenvalue weighted by atomic mass is 10.3. The molecule has 0 aliphatic rings. The molecule has 0 radical (unpaired) electrons. The number of H-pyrrole nitrogens is 1. The van der Waals surface area contributed by atoms with E-state index in [4.69, 9.17) is 5.11 Å². The number of aromatic nitrogens is 2. The lowest BCUT2D eigenvalue weighted by Gasteiger charge is -2.27. The van der Waals surface area contributed by atoms with Gasteiger partial charge in [-0.2, -0.15) is 0 Å². The first kappa shape index (κ1) is 12.4. The van der Waals surface area contributed by atoms with Crippen LogP contribution in [-0.4, -0.2) is 34.3 Å². The van der Waals surface area contributed by atoms with Crippen LogP contribution in [0.5, 0.6) is 0 Å². The first-order valence-corrected chi connectivity index (χ1v) is 5.76. The molecule has 0 aliphatic heterocycles. The Morgan fingerprint density at radius 2 is 2.33 bits per heavy atom. The minimum Gasteiger partial charge on any atom is -0.395 e. The third-order valence-corrected chi connectivity index (χ3v) is 2.99. The monoisotopic (exact) mass is 323 g/mol. The molecule has 0 atom stereocenters. The maximum atomic E-state index is 11.4. The molecule has 1 heterocycles. The van der Waals surface area contributed by atoms with Gasteiger partial charge in [0.25, 0.3) is 5.56 Å². The van der Waals surface area contributed by atoms with Crippen molar-refractivity contribution in [2.45, 2.75) is 19.9 Å². The van der Waals surface area contributed by atoms with Crippen molar-refractivity contribution in [1.82, 2.24) is 9.97 Å². The molecule has 84 valence electrons. The number of rotatable bonds is 4. The zero-order valence-corrected chi connectivity index (χ0v) is 10.9. The van der Waals surface area contributed by atoms with Crippen molar-refractivity contribution < 1.29 is 5.11 Å². The largest absolute Gasteiger partial charge is 0.395 e. The number of nitrogens with zero attached hydrogens (tertiary/aromatic N) is 2. The zero-order chi connectivity index (χ0) is 11.4. The van der Waals surface area contributed by atoms with Crippen LogP contribution in [0.15, 0.2) is 11.1 Å². The second-order valence-corrected chi connectivity index (χ2v) is 4.46. The molecule has 6 heteroatoms. The number of aliphatic hydroxyl groups excluding tert-OH is 1. The summed E-state index contributed by atoms with van der Waals surface area (Å²) >= 11 is 1.96. The normalized spacial score (nSPS) is 10.7. The van der Waals surface area contributed by atoms with Crippen molar-refractivity contribution in [1.29, 1.82) is 0 Å². The Hall–Kier alpha value is -0.630. The molecule has 2 N–H and O–H groups in total. The average molecular weight is 323 g/mol. The Bertz CT molecular complexity index is 378. The van der Waals surface area contributed by atoms with Gasteiger partial charge in [0.05, 0.1) is 12.9 Å². The Labute approximate surface area is 102 Å². The van der Waals surface area contributed by atoms with Crippen LogP contribution >= 0.6 is 22.6 Å². The molecule has 0 bridgehead atoms. The lowest BCUT2D eigenvalue weighted by molar-refractivity contribution is 0.298. The van der Waals surface area contributed by atoms with E-state index in [0.717, 1.165) is 0 Å². The molecule has 0 saturated heterocycles. The summed E-state index contributed by atoms with van der Waals surface area (Å²) in [6, 6.07) is 0.194. The second-order valence-electron chi connectivity index (χ2n) is 3.38. The molecule has 5 nitrogen and oxygen atoms in total. The SMILES string of the molecule is CC(C)N(CCO)c1nc[nH]c(=O)c1I. The molecule has 0 saturated carbocycles. The predicted octanol–water partition coefficient (Wildman–Crippen LogP) is 0.582. The van der Waals surface area contributed by atoms with Gasteiger partial charge in [0, 0.05) is 12.6 Å². The molecule has 1 aromatic heterocycles. The van der Waals surface area contributed by atoms with Crippen LogP contribution in [0, 0.1) is 3.57 Å². The van der Waals surface area contributed by atoms with E-state index in [1.165, 1.54) is 6.33 Å². The highest BCUT2D eigenvalue weighted by atomic mass is 127. The van der Waals surface area contributed by atoms with Crippen molar-refractivity contribution >= 4 is 28.4 Å². The van der Waals surface area contributed by atoms with Crippen LogP contribution in [0.3, 0.4) is 0 Å².